The molecule has 2 nitrogen and oxygen atoms in total. The SMILES string of the molecule is OB(OCCS)c1ccccc1. The predicted molar refractivity (Wildman–Crippen MR) is 53.9 cm³/mol. The summed E-state index contributed by atoms with van der Waals surface area (Å²) in [6.45, 7) is 0.458. The maximum absolute atomic E-state index is 9.40. The van der Waals surface area contributed by atoms with Gasteiger partial charge in [0, 0.05) is 12.4 Å². The Morgan fingerprint density at radius 1 is 1.33 bits per heavy atom. The molecule has 0 heterocycles. The third-order valence-corrected chi connectivity index (χ3v) is 1.63. The second-order valence-corrected chi connectivity index (χ2v) is 2.80. The highest BCUT2D eigenvalue weighted by Gasteiger charge is 2.14. The number of hydrogen-bond acceptors (Lipinski definition) is 3. The van der Waals surface area contributed by atoms with Crippen molar-refractivity contribution in [1.29, 1.82) is 0 Å². The number of hydrogen-bond donors (Lipinski definition) is 2. The van der Waals surface area contributed by atoms with Crippen molar-refractivity contribution in [2.75, 3.05) is 12.4 Å². The van der Waals surface area contributed by atoms with Crippen molar-refractivity contribution in [3.8, 4) is 0 Å². The van der Waals surface area contributed by atoms with Crippen LogP contribution < -0.4 is 5.46 Å². The first-order chi connectivity index (χ1) is 5.84. The van der Waals surface area contributed by atoms with Gasteiger partial charge in [-0.3, -0.25) is 0 Å². The summed E-state index contributed by atoms with van der Waals surface area (Å²) in [4.78, 5) is 0. The van der Waals surface area contributed by atoms with Crippen molar-refractivity contribution >= 4 is 25.2 Å². The van der Waals surface area contributed by atoms with E-state index in [0.29, 0.717) is 12.4 Å². The molecule has 1 rings (SSSR count). The maximum atomic E-state index is 9.40. The van der Waals surface area contributed by atoms with Crippen LogP contribution in [0.5, 0.6) is 0 Å². The molecule has 0 radical (unpaired) electrons. The first-order valence-electron chi connectivity index (χ1n) is 3.80. The van der Waals surface area contributed by atoms with Gasteiger partial charge in [-0.05, 0) is 5.46 Å². The Labute approximate surface area is 78.1 Å². The highest BCUT2D eigenvalue weighted by molar-refractivity contribution is 7.80. The lowest BCUT2D eigenvalue weighted by Crippen LogP contribution is -2.33. The van der Waals surface area contributed by atoms with Gasteiger partial charge in [0.25, 0.3) is 0 Å². The highest BCUT2D eigenvalue weighted by Crippen LogP contribution is 1.88. The van der Waals surface area contributed by atoms with Crippen LogP contribution in [0.4, 0.5) is 0 Å². The third kappa shape index (κ3) is 2.89. The summed E-state index contributed by atoms with van der Waals surface area (Å²) in [6.07, 6.45) is 0. The average molecular weight is 182 g/mol. The second-order valence-electron chi connectivity index (χ2n) is 2.36. The molecule has 0 saturated heterocycles. The molecule has 1 aromatic rings. The van der Waals surface area contributed by atoms with E-state index in [0.717, 1.165) is 5.46 Å². The van der Waals surface area contributed by atoms with Crippen LogP contribution in [0.25, 0.3) is 0 Å². The van der Waals surface area contributed by atoms with Gasteiger partial charge in [0.05, 0.1) is 0 Å². The third-order valence-electron chi connectivity index (χ3n) is 1.45. The minimum absolute atomic E-state index is 0.458. The zero-order valence-electron chi connectivity index (χ0n) is 6.68. The van der Waals surface area contributed by atoms with Gasteiger partial charge in [0.15, 0.2) is 0 Å². The van der Waals surface area contributed by atoms with Crippen LogP contribution in [0, 0.1) is 0 Å². The molecule has 0 atom stereocenters. The first-order valence-corrected chi connectivity index (χ1v) is 4.43. The summed E-state index contributed by atoms with van der Waals surface area (Å²) < 4.78 is 5.06. The normalized spacial score (nSPS) is 9.83. The minimum Gasteiger partial charge on any atom is -0.423 e. The van der Waals surface area contributed by atoms with E-state index in [1.165, 1.54) is 0 Å². The van der Waals surface area contributed by atoms with Gasteiger partial charge in [-0.15, -0.1) is 0 Å². The van der Waals surface area contributed by atoms with E-state index in [2.05, 4.69) is 12.6 Å². The quantitative estimate of drug-likeness (QED) is 0.518. The molecule has 0 unspecified atom stereocenters. The summed E-state index contributed by atoms with van der Waals surface area (Å²) in [5.41, 5.74) is 0.777. The molecule has 0 aliphatic heterocycles. The molecule has 4 heteroatoms. The minimum atomic E-state index is -0.821. The standard InChI is InChI=1S/C8H11BO2S/c10-9(11-6-7-12)8-4-2-1-3-5-8/h1-5,10,12H,6-7H2. The van der Waals surface area contributed by atoms with E-state index in [1.807, 2.05) is 30.3 Å². The Bertz CT molecular complexity index is 218. The Hall–Kier alpha value is -0.445. The van der Waals surface area contributed by atoms with Gasteiger partial charge in [-0.25, -0.2) is 0 Å². The lowest BCUT2D eigenvalue weighted by Gasteiger charge is -2.05. The Balaban J connectivity index is 2.48. The maximum Gasteiger partial charge on any atom is 0.491 e. The summed E-state index contributed by atoms with van der Waals surface area (Å²) in [5.74, 6) is 0.615. The molecule has 12 heavy (non-hydrogen) atoms. The molecule has 1 N–H and O–H groups in total. The molecule has 0 amide bonds. The van der Waals surface area contributed by atoms with Crippen molar-refractivity contribution in [3.63, 3.8) is 0 Å². The van der Waals surface area contributed by atoms with Crippen LogP contribution in [-0.4, -0.2) is 24.5 Å². The molecule has 64 valence electrons. The zero-order valence-corrected chi connectivity index (χ0v) is 7.58. The van der Waals surface area contributed by atoms with Crippen molar-refractivity contribution in [1.82, 2.24) is 0 Å². The van der Waals surface area contributed by atoms with E-state index in [-0.39, 0.29) is 0 Å². The van der Waals surface area contributed by atoms with E-state index in [4.69, 9.17) is 4.65 Å². The molecule has 0 saturated carbocycles. The zero-order chi connectivity index (χ0) is 8.81. The van der Waals surface area contributed by atoms with Crippen LogP contribution in [-0.2, 0) is 4.65 Å². The predicted octanol–water partition coefficient (Wildman–Crippen LogP) is 0.321. The van der Waals surface area contributed by atoms with Crippen LogP contribution >= 0.6 is 12.6 Å². The van der Waals surface area contributed by atoms with Gasteiger partial charge < -0.3 is 9.68 Å². The second kappa shape index (κ2) is 5.24. The summed E-state index contributed by atoms with van der Waals surface area (Å²) in [6, 6.07) is 9.27. The number of benzene rings is 1. The topological polar surface area (TPSA) is 29.5 Å². The summed E-state index contributed by atoms with van der Waals surface area (Å²) in [5, 5.41) is 9.40. The van der Waals surface area contributed by atoms with Crippen LogP contribution in [0.2, 0.25) is 0 Å². The van der Waals surface area contributed by atoms with Crippen LogP contribution in [0.15, 0.2) is 30.3 Å². The van der Waals surface area contributed by atoms with Crippen LogP contribution in [0.3, 0.4) is 0 Å². The molecule has 0 aliphatic carbocycles. The van der Waals surface area contributed by atoms with Gasteiger partial charge in [0.2, 0.25) is 0 Å². The molecule has 1 aromatic carbocycles. The van der Waals surface area contributed by atoms with E-state index >= 15 is 0 Å². The number of rotatable bonds is 4. The number of thiol groups is 1. The van der Waals surface area contributed by atoms with Crippen LogP contribution in [0.1, 0.15) is 0 Å². The molecular weight excluding hydrogens is 171 g/mol. The van der Waals surface area contributed by atoms with Gasteiger partial charge >= 0.3 is 7.12 Å². The van der Waals surface area contributed by atoms with Gasteiger partial charge in [-0.2, -0.15) is 12.6 Å². The molecule has 0 aromatic heterocycles. The molecule has 0 aliphatic rings. The summed E-state index contributed by atoms with van der Waals surface area (Å²) >= 11 is 3.97. The van der Waals surface area contributed by atoms with E-state index in [9.17, 15) is 5.02 Å². The van der Waals surface area contributed by atoms with E-state index < -0.39 is 7.12 Å². The van der Waals surface area contributed by atoms with Crippen molar-refractivity contribution in [2.45, 2.75) is 0 Å². The Morgan fingerprint density at radius 2 is 2.00 bits per heavy atom. The molecular formula is C8H11BO2S. The summed E-state index contributed by atoms with van der Waals surface area (Å²) in [7, 11) is -0.821. The first kappa shape index (κ1) is 9.64. The largest absolute Gasteiger partial charge is 0.491 e. The highest BCUT2D eigenvalue weighted by atomic mass is 32.1. The Morgan fingerprint density at radius 3 is 2.58 bits per heavy atom. The molecule has 0 fully saturated rings. The average Bonchev–Trinajstić information content (AvgIpc) is 2.15. The fourth-order valence-corrected chi connectivity index (χ4v) is 0.984. The van der Waals surface area contributed by atoms with Gasteiger partial charge in [0.1, 0.15) is 0 Å². The lowest BCUT2D eigenvalue weighted by atomic mass is 9.80. The van der Waals surface area contributed by atoms with Crippen molar-refractivity contribution in [2.24, 2.45) is 0 Å². The lowest BCUT2D eigenvalue weighted by molar-refractivity contribution is 0.290. The smallest absolute Gasteiger partial charge is 0.423 e. The van der Waals surface area contributed by atoms with E-state index in [1.54, 1.807) is 0 Å². The van der Waals surface area contributed by atoms with Crippen molar-refractivity contribution < 1.29 is 9.68 Å². The molecule has 0 bridgehead atoms. The fourth-order valence-electron chi connectivity index (χ4n) is 0.878. The van der Waals surface area contributed by atoms with Crippen molar-refractivity contribution in [3.05, 3.63) is 30.3 Å². The van der Waals surface area contributed by atoms with Gasteiger partial charge in [-0.1, -0.05) is 30.3 Å². The fraction of sp³-hybridized carbons (Fsp3) is 0.250. The monoisotopic (exact) mass is 182 g/mol. The molecule has 0 spiro atoms. The Kier molecular flexibility index (Phi) is 4.21.